The van der Waals surface area contributed by atoms with Crippen molar-refractivity contribution in [1.82, 2.24) is 15.0 Å². The number of halogens is 2. The van der Waals surface area contributed by atoms with Crippen LogP contribution in [0, 0.1) is 10.1 Å². The minimum Gasteiger partial charge on any atom is -0.358 e. The van der Waals surface area contributed by atoms with Gasteiger partial charge < -0.3 is 15.1 Å². The van der Waals surface area contributed by atoms with Crippen molar-refractivity contribution < 1.29 is 4.92 Å². The van der Waals surface area contributed by atoms with E-state index in [4.69, 9.17) is 23.2 Å². The van der Waals surface area contributed by atoms with Gasteiger partial charge in [0.25, 0.3) is 0 Å². The van der Waals surface area contributed by atoms with E-state index in [1.54, 1.807) is 24.3 Å². The van der Waals surface area contributed by atoms with Crippen LogP contribution in [0.4, 0.5) is 5.82 Å². The zero-order valence-corrected chi connectivity index (χ0v) is 12.5. The normalized spacial score (nSPS) is 11.0. The second-order valence-electron chi connectivity index (χ2n) is 4.02. The van der Waals surface area contributed by atoms with Crippen LogP contribution >= 0.6 is 35.0 Å². The summed E-state index contributed by atoms with van der Waals surface area (Å²) in [4.78, 5) is 21.5. The van der Waals surface area contributed by atoms with E-state index in [-0.39, 0.29) is 5.82 Å². The Hall–Kier alpha value is -1.83. The molecule has 0 amide bonds. The molecule has 0 unspecified atom stereocenters. The summed E-state index contributed by atoms with van der Waals surface area (Å²) in [5.41, 5.74) is 1.40. The zero-order valence-electron chi connectivity index (χ0n) is 10.2. The number of aromatic amines is 1. The van der Waals surface area contributed by atoms with Crippen LogP contribution in [0.5, 0.6) is 0 Å². The van der Waals surface area contributed by atoms with Crippen molar-refractivity contribution >= 4 is 51.8 Å². The van der Waals surface area contributed by atoms with Gasteiger partial charge in [-0.2, -0.15) is 0 Å². The van der Waals surface area contributed by atoms with Crippen LogP contribution in [0.25, 0.3) is 11.0 Å². The molecule has 3 aromatic rings. The number of pyridine rings is 1. The van der Waals surface area contributed by atoms with Crippen molar-refractivity contribution in [2.45, 2.75) is 10.2 Å². The highest BCUT2D eigenvalue weighted by molar-refractivity contribution is 7.99. The van der Waals surface area contributed by atoms with Gasteiger partial charge in [-0.15, -0.1) is 0 Å². The van der Waals surface area contributed by atoms with Crippen molar-refractivity contribution in [2.75, 3.05) is 0 Å². The van der Waals surface area contributed by atoms with E-state index in [2.05, 4.69) is 15.0 Å². The van der Waals surface area contributed by atoms with Gasteiger partial charge in [-0.3, -0.25) is 0 Å². The Morgan fingerprint density at radius 2 is 1.95 bits per heavy atom. The van der Waals surface area contributed by atoms with Gasteiger partial charge in [-0.05, 0) is 45.9 Å². The van der Waals surface area contributed by atoms with Gasteiger partial charge in [-0.1, -0.05) is 23.2 Å². The summed E-state index contributed by atoms with van der Waals surface area (Å²) in [6.07, 6.45) is 0. The number of fused-ring (bicyclic) bond motifs is 1. The maximum absolute atomic E-state index is 10.7. The number of benzene rings is 1. The minimum atomic E-state index is -0.539. The van der Waals surface area contributed by atoms with Crippen LogP contribution in [0.1, 0.15) is 0 Å². The van der Waals surface area contributed by atoms with E-state index in [0.717, 1.165) is 5.52 Å². The lowest BCUT2D eigenvalue weighted by molar-refractivity contribution is -0.389. The fraction of sp³-hybridized carbons (Fsp3) is 0. The third-order valence-electron chi connectivity index (χ3n) is 2.60. The SMILES string of the molecule is O=[N+]([O-])c1cccc(Sc2nc3cc(Cl)c(Cl)cc3[nH]2)n1. The van der Waals surface area contributed by atoms with Crippen molar-refractivity contribution in [1.29, 1.82) is 0 Å². The lowest BCUT2D eigenvalue weighted by Gasteiger charge is -1.94. The van der Waals surface area contributed by atoms with Gasteiger partial charge in [-0.25, -0.2) is 4.98 Å². The van der Waals surface area contributed by atoms with Gasteiger partial charge in [0, 0.05) is 6.07 Å². The standard InChI is InChI=1S/C12H6Cl2N4O2S/c13-6-4-8-9(5-7(6)14)16-12(15-8)21-11-3-1-2-10(17-11)18(19)20/h1-5H,(H,15,16). The Labute approximate surface area is 132 Å². The molecule has 6 nitrogen and oxygen atoms in total. The summed E-state index contributed by atoms with van der Waals surface area (Å²) >= 11 is 13.1. The minimum absolute atomic E-state index is 0.206. The molecule has 2 heterocycles. The molecular formula is C12H6Cl2N4O2S. The molecule has 0 bridgehead atoms. The van der Waals surface area contributed by atoms with Crippen molar-refractivity contribution in [3.8, 4) is 0 Å². The third kappa shape index (κ3) is 2.94. The largest absolute Gasteiger partial charge is 0.364 e. The predicted molar refractivity (Wildman–Crippen MR) is 81.1 cm³/mol. The van der Waals surface area contributed by atoms with E-state index < -0.39 is 4.92 Å². The van der Waals surface area contributed by atoms with E-state index >= 15 is 0 Å². The summed E-state index contributed by atoms with van der Waals surface area (Å²) in [5.74, 6) is -0.206. The topological polar surface area (TPSA) is 84.7 Å². The molecule has 0 spiro atoms. The maximum Gasteiger partial charge on any atom is 0.364 e. The molecule has 21 heavy (non-hydrogen) atoms. The molecule has 0 fully saturated rings. The van der Waals surface area contributed by atoms with Gasteiger partial charge in [0.1, 0.15) is 0 Å². The number of hydrogen-bond acceptors (Lipinski definition) is 5. The monoisotopic (exact) mass is 340 g/mol. The van der Waals surface area contributed by atoms with Crippen LogP contribution in [0.2, 0.25) is 10.0 Å². The number of rotatable bonds is 3. The molecule has 2 aromatic heterocycles. The lowest BCUT2D eigenvalue weighted by atomic mass is 10.3. The summed E-state index contributed by atoms with van der Waals surface area (Å²) in [6, 6.07) is 7.91. The first-order valence-corrected chi connectivity index (χ1v) is 7.24. The fourth-order valence-corrected chi connectivity index (χ4v) is 2.80. The Morgan fingerprint density at radius 3 is 2.71 bits per heavy atom. The molecule has 0 aliphatic rings. The van der Waals surface area contributed by atoms with Gasteiger partial charge in [0.05, 0.1) is 21.1 Å². The number of aromatic nitrogens is 3. The summed E-state index contributed by atoms with van der Waals surface area (Å²) in [5, 5.41) is 12.6. The van der Waals surface area contributed by atoms with E-state index in [1.165, 1.54) is 17.8 Å². The first-order chi connectivity index (χ1) is 10.0. The average molecular weight is 341 g/mol. The Kier molecular flexibility index (Phi) is 3.71. The maximum atomic E-state index is 10.7. The number of imidazole rings is 1. The zero-order chi connectivity index (χ0) is 15.0. The van der Waals surface area contributed by atoms with Crippen molar-refractivity contribution in [3.63, 3.8) is 0 Å². The van der Waals surface area contributed by atoms with Crippen LogP contribution in [-0.4, -0.2) is 19.9 Å². The summed E-state index contributed by atoms with van der Waals surface area (Å²) in [6.45, 7) is 0. The van der Waals surface area contributed by atoms with E-state index in [9.17, 15) is 10.1 Å². The van der Waals surface area contributed by atoms with Crippen LogP contribution in [-0.2, 0) is 0 Å². The molecule has 106 valence electrons. The Bertz CT molecular complexity index is 813. The van der Waals surface area contributed by atoms with Crippen LogP contribution < -0.4 is 0 Å². The fourth-order valence-electron chi connectivity index (χ4n) is 1.69. The average Bonchev–Trinajstić information content (AvgIpc) is 2.80. The lowest BCUT2D eigenvalue weighted by Crippen LogP contribution is -1.92. The molecule has 1 N–H and O–H groups in total. The number of hydrogen-bond donors (Lipinski definition) is 1. The summed E-state index contributed by atoms with van der Waals surface area (Å²) < 4.78 is 0. The Morgan fingerprint density at radius 1 is 1.19 bits per heavy atom. The van der Waals surface area contributed by atoms with Crippen molar-refractivity contribution in [2.24, 2.45) is 0 Å². The number of nitrogens with one attached hydrogen (secondary N) is 1. The second kappa shape index (κ2) is 5.51. The smallest absolute Gasteiger partial charge is 0.358 e. The predicted octanol–water partition coefficient (Wildman–Crippen LogP) is 4.32. The molecule has 0 radical (unpaired) electrons. The molecule has 9 heteroatoms. The molecule has 0 saturated heterocycles. The molecule has 1 aromatic carbocycles. The van der Waals surface area contributed by atoms with Crippen LogP contribution in [0.15, 0.2) is 40.5 Å². The molecule has 0 saturated carbocycles. The molecule has 0 atom stereocenters. The van der Waals surface area contributed by atoms with Gasteiger partial charge in [0.2, 0.25) is 5.03 Å². The van der Waals surface area contributed by atoms with Crippen LogP contribution in [0.3, 0.4) is 0 Å². The molecular weight excluding hydrogens is 335 g/mol. The second-order valence-corrected chi connectivity index (χ2v) is 5.84. The summed E-state index contributed by atoms with van der Waals surface area (Å²) in [7, 11) is 0. The molecule has 0 aliphatic heterocycles. The highest BCUT2D eigenvalue weighted by Gasteiger charge is 2.13. The Balaban J connectivity index is 1.94. The first-order valence-electron chi connectivity index (χ1n) is 5.67. The van der Waals surface area contributed by atoms with E-state index in [0.29, 0.717) is 25.7 Å². The quantitative estimate of drug-likeness (QED) is 0.566. The molecule has 3 rings (SSSR count). The van der Waals surface area contributed by atoms with Crippen molar-refractivity contribution in [3.05, 3.63) is 50.5 Å². The highest BCUT2D eigenvalue weighted by Crippen LogP contribution is 2.30. The molecule has 0 aliphatic carbocycles. The van der Waals surface area contributed by atoms with Gasteiger partial charge in [0.15, 0.2) is 5.16 Å². The highest BCUT2D eigenvalue weighted by atomic mass is 35.5. The van der Waals surface area contributed by atoms with Gasteiger partial charge >= 0.3 is 5.82 Å². The number of nitrogens with zero attached hydrogens (tertiary/aromatic N) is 3. The number of H-pyrrole nitrogens is 1. The first kappa shape index (κ1) is 14.1. The van der Waals surface area contributed by atoms with E-state index in [1.807, 2.05) is 0 Å². The third-order valence-corrected chi connectivity index (χ3v) is 4.14. The number of nitro groups is 1.